The Morgan fingerprint density at radius 2 is 1.90 bits per heavy atom. The first-order valence-electron chi connectivity index (χ1n) is 9.69. The Morgan fingerprint density at radius 3 is 2.72 bits per heavy atom. The summed E-state index contributed by atoms with van der Waals surface area (Å²) in [5.41, 5.74) is 3.80. The Morgan fingerprint density at radius 1 is 1.14 bits per heavy atom. The van der Waals surface area contributed by atoms with E-state index in [-0.39, 0.29) is 24.1 Å². The molecule has 6 heteroatoms. The van der Waals surface area contributed by atoms with Gasteiger partial charge in [0.15, 0.2) is 6.61 Å². The number of amides is 1. The maximum atomic E-state index is 12.6. The molecule has 4 rings (SSSR count). The minimum absolute atomic E-state index is 0.0524. The Bertz CT molecular complexity index is 1030. The third-order valence-corrected chi connectivity index (χ3v) is 5.15. The van der Waals surface area contributed by atoms with Gasteiger partial charge in [0.05, 0.1) is 6.04 Å². The first-order chi connectivity index (χ1) is 14.1. The molecule has 1 aliphatic rings. The van der Waals surface area contributed by atoms with E-state index >= 15 is 0 Å². The highest BCUT2D eigenvalue weighted by Gasteiger charge is 2.25. The van der Waals surface area contributed by atoms with Crippen LogP contribution < -0.4 is 5.32 Å². The van der Waals surface area contributed by atoms with Crippen molar-refractivity contribution in [2.24, 2.45) is 0 Å². The SMILES string of the molecule is Cc1onc(-c2ccccc2)c1C(=O)OCC(=O)N[C@H]1CCCc2ccccc21. The van der Waals surface area contributed by atoms with Gasteiger partial charge in [-0.1, -0.05) is 59.8 Å². The Labute approximate surface area is 168 Å². The fourth-order valence-corrected chi connectivity index (χ4v) is 3.75. The molecule has 0 saturated heterocycles. The van der Waals surface area contributed by atoms with Crippen molar-refractivity contribution in [3.05, 3.63) is 77.0 Å². The number of aromatic nitrogens is 1. The monoisotopic (exact) mass is 390 g/mol. The van der Waals surface area contributed by atoms with E-state index in [1.54, 1.807) is 6.92 Å². The van der Waals surface area contributed by atoms with Gasteiger partial charge in [0.2, 0.25) is 0 Å². The molecule has 1 atom stereocenters. The molecule has 0 unspecified atom stereocenters. The van der Waals surface area contributed by atoms with Gasteiger partial charge in [-0.3, -0.25) is 4.79 Å². The number of hydrogen-bond acceptors (Lipinski definition) is 5. The van der Waals surface area contributed by atoms with Crippen LogP contribution in [0.2, 0.25) is 0 Å². The van der Waals surface area contributed by atoms with Crippen molar-refractivity contribution in [3.63, 3.8) is 0 Å². The summed E-state index contributed by atoms with van der Waals surface area (Å²) in [6.45, 7) is 1.30. The average Bonchev–Trinajstić information content (AvgIpc) is 3.14. The molecular weight excluding hydrogens is 368 g/mol. The van der Waals surface area contributed by atoms with Crippen LogP contribution in [0, 0.1) is 6.92 Å². The highest BCUT2D eigenvalue weighted by molar-refractivity contribution is 5.98. The molecule has 29 heavy (non-hydrogen) atoms. The summed E-state index contributed by atoms with van der Waals surface area (Å²) < 4.78 is 10.5. The van der Waals surface area contributed by atoms with Crippen molar-refractivity contribution in [1.29, 1.82) is 0 Å². The first-order valence-corrected chi connectivity index (χ1v) is 9.69. The number of carbonyl (C=O) groups is 2. The standard InChI is InChI=1S/C23H22N2O4/c1-15-21(22(25-29-15)17-9-3-2-4-10-17)23(27)28-14-20(26)24-19-13-7-11-16-8-5-6-12-18(16)19/h2-6,8-10,12,19H,7,11,13-14H2,1H3,(H,24,26)/t19-/m0/s1. The Kier molecular flexibility index (Phi) is 5.42. The van der Waals surface area contributed by atoms with Crippen LogP contribution in [0.3, 0.4) is 0 Å². The number of esters is 1. The van der Waals surface area contributed by atoms with E-state index in [9.17, 15) is 9.59 Å². The molecule has 0 bridgehead atoms. The zero-order chi connectivity index (χ0) is 20.2. The number of ether oxygens (including phenoxy) is 1. The highest BCUT2D eigenvalue weighted by Crippen LogP contribution is 2.29. The second-order valence-corrected chi connectivity index (χ2v) is 7.12. The van der Waals surface area contributed by atoms with Gasteiger partial charge in [-0.15, -0.1) is 0 Å². The lowest BCUT2D eigenvalue weighted by Crippen LogP contribution is -2.34. The van der Waals surface area contributed by atoms with Gasteiger partial charge in [-0.25, -0.2) is 4.79 Å². The van der Waals surface area contributed by atoms with Gasteiger partial charge >= 0.3 is 5.97 Å². The predicted molar refractivity (Wildman–Crippen MR) is 107 cm³/mol. The van der Waals surface area contributed by atoms with E-state index in [0.717, 1.165) is 30.4 Å². The summed E-state index contributed by atoms with van der Waals surface area (Å²) in [5.74, 6) is -0.590. The van der Waals surface area contributed by atoms with Gasteiger partial charge in [-0.05, 0) is 37.3 Å². The predicted octanol–water partition coefficient (Wildman–Crippen LogP) is 4.00. The second kappa shape index (κ2) is 8.31. The molecule has 0 aliphatic heterocycles. The zero-order valence-electron chi connectivity index (χ0n) is 16.2. The quantitative estimate of drug-likeness (QED) is 0.666. The van der Waals surface area contributed by atoms with Crippen LogP contribution in [0.1, 0.15) is 46.1 Å². The fraction of sp³-hybridized carbons (Fsp3) is 0.261. The lowest BCUT2D eigenvalue weighted by molar-refractivity contribution is -0.125. The normalized spacial score (nSPS) is 15.4. The third kappa shape index (κ3) is 4.06. The van der Waals surface area contributed by atoms with E-state index in [1.807, 2.05) is 48.5 Å². The zero-order valence-corrected chi connectivity index (χ0v) is 16.2. The van der Waals surface area contributed by atoms with Crippen molar-refractivity contribution in [2.75, 3.05) is 6.61 Å². The van der Waals surface area contributed by atoms with Gasteiger partial charge in [0.25, 0.3) is 5.91 Å². The Hall–Kier alpha value is -3.41. The molecule has 0 fully saturated rings. The maximum absolute atomic E-state index is 12.6. The smallest absolute Gasteiger partial charge is 0.344 e. The minimum Gasteiger partial charge on any atom is -0.452 e. The first kappa shape index (κ1) is 18.9. The summed E-state index contributed by atoms with van der Waals surface area (Å²) in [4.78, 5) is 25.0. The van der Waals surface area contributed by atoms with Crippen molar-refractivity contribution < 1.29 is 18.8 Å². The molecule has 3 aromatic rings. The topological polar surface area (TPSA) is 81.4 Å². The van der Waals surface area contributed by atoms with Crippen LogP contribution >= 0.6 is 0 Å². The van der Waals surface area contributed by atoms with Crippen molar-refractivity contribution in [1.82, 2.24) is 10.5 Å². The van der Waals surface area contributed by atoms with Gasteiger partial charge < -0.3 is 14.6 Å². The van der Waals surface area contributed by atoms with Crippen LogP contribution in [-0.4, -0.2) is 23.6 Å². The van der Waals surface area contributed by atoms with Crippen molar-refractivity contribution in [3.8, 4) is 11.3 Å². The van der Waals surface area contributed by atoms with Crippen LogP contribution in [-0.2, 0) is 16.0 Å². The van der Waals surface area contributed by atoms with E-state index in [2.05, 4.69) is 16.5 Å². The van der Waals surface area contributed by atoms with Crippen molar-refractivity contribution in [2.45, 2.75) is 32.2 Å². The number of rotatable bonds is 5. The molecule has 1 heterocycles. The lowest BCUT2D eigenvalue weighted by Gasteiger charge is -2.26. The summed E-state index contributed by atoms with van der Waals surface area (Å²) >= 11 is 0. The summed E-state index contributed by atoms with van der Waals surface area (Å²) in [6, 6.07) is 17.3. The minimum atomic E-state index is -0.623. The number of hydrogen-bond donors (Lipinski definition) is 1. The number of aryl methyl sites for hydroxylation is 2. The fourth-order valence-electron chi connectivity index (χ4n) is 3.75. The number of nitrogens with one attached hydrogen (secondary N) is 1. The number of fused-ring (bicyclic) bond motifs is 1. The summed E-state index contributed by atoms with van der Waals surface area (Å²) in [5, 5.41) is 6.96. The molecule has 1 amide bonds. The molecule has 1 aliphatic carbocycles. The molecule has 0 saturated carbocycles. The van der Waals surface area contributed by atoms with Gasteiger partial charge in [0.1, 0.15) is 17.0 Å². The number of benzene rings is 2. The van der Waals surface area contributed by atoms with Crippen molar-refractivity contribution >= 4 is 11.9 Å². The van der Waals surface area contributed by atoms with E-state index < -0.39 is 5.97 Å². The highest BCUT2D eigenvalue weighted by atomic mass is 16.5. The van der Waals surface area contributed by atoms with E-state index in [1.165, 1.54) is 5.56 Å². The van der Waals surface area contributed by atoms with Crippen LogP contribution in [0.4, 0.5) is 0 Å². The molecule has 6 nitrogen and oxygen atoms in total. The number of nitrogens with zero attached hydrogens (tertiary/aromatic N) is 1. The maximum Gasteiger partial charge on any atom is 0.344 e. The van der Waals surface area contributed by atoms with Gasteiger partial charge in [-0.2, -0.15) is 0 Å². The molecule has 2 aromatic carbocycles. The van der Waals surface area contributed by atoms with Gasteiger partial charge in [0, 0.05) is 5.56 Å². The third-order valence-electron chi connectivity index (χ3n) is 5.15. The molecular formula is C23H22N2O4. The van der Waals surface area contributed by atoms with Crippen LogP contribution in [0.5, 0.6) is 0 Å². The van der Waals surface area contributed by atoms with Crippen LogP contribution in [0.15, 0.2) is 59.1 Å². The van der Waals surface area contributed by atoms with E-state index in [4.69, 9.17) is 9.26 Å². The summed E-state index contributed by atoms with van der Waals surface area (Å²) in [7, 11) is 0. The van der Waals surface area contributed by atoms with Crippen LogP contribution in [0.25, 0.3) is 11.3 Å². The Balaban J connectivity index is 1.41. The second-order valence-electron chi connectivity index (χ2n) is 7.12. The molecule has 148 valence electrons. The summed E-state index contributed by atoms with van der Waals surface area (Å²) in [6.07, 6.45) is 2.91. The van der Waals surface area contributed by atoms with E-state index in [0.29, 0.717) is 11.5 Å². The molecule has 0 spiro atoms. The molecule has 1 N–H and O–H groups in total. The molecule has 1 aromatic heterocycles. The number of carbonyl (C=O) groups excluding carboxylic acids is 2. The molecule has 0 radical (unpaired) electrons. The largest absolute Gasteiger partial charge is 0.452 e. The average molecular weight is 390 g/mol. The lowest BCUT2D eigenvalue weighted by atomic mass is 9.88.